The molecule has 120 valence electrons. The van der Waals surface area contributed by atoms with Crippen LogP contribution in [0.4, 0.5) is 0 Å². The summed E-state index contributed by atoms with van der Waals surface area (Å²) in [5.41, 5.74) is 0. The first-order valence-electron chi connectivity index (χ1n) is 8.92. The summed E-state index contributed by atoms with van der Waals surface area (Å²) < 4.78 is 5.61. The van der Waals surface area contributed by atoms with Crippen LogP contribution in [0.2, 0.25) is 0 Å². The van der Waals surface area contributed by atoms with Crippen molar-refractivity contribution in [1.29, 1.82) is 0 Å². The lowest BCUT2D eigenvalue weighted by Crippen LogP contribution is -2.72. The van der Waals surface area contributed by atoms with Crippen LogP contribution < -0.4 is 0 Å². The lowest BCUT2D eigenvalue weighted by Gasteiger charge is -2.55. The maximum atomic E-state index is 2.80. The van der Waals surface area contributed by atoms with Crippen LogP contribution in [-0.4, -0.2) is 56.8 Å². The van der Waals surface area contributed by atoms with E-state index in [1.165, 1.54) is 71.0 Å². The van der Waals surface area contributed by atoms with E-state index in [9.17, 15) is 0 Å². The van der Waals surface area contributed by atoms with E-state index < -0.39 is 0 Å². The van der Waals surface area contributed by atoms with Crippen LogP contribution in [0.15, 0.2) is 0 Å². The highest BCUT2D eigenvalue weighted by Gasteiger charge is 2.37. The Bertz CT molecular complexity index is 222. The summed E-state index contributed by atoms with van der Waals surface area (Å²) in [6, 6.07) is 0. The van der Waals surface area contributed by atoms with E-state index in [1.807, 2.05) is 0 Å². The quantitative estimate of drug-likeness (QED) is 0.405. The van der Waals surface area contributed by atoms with Gasteiger partial charge in [0.05, 0.1) is 0 Å². The van der Waals surface area contributed by atoms with Crippen molar-refractivity contribution in [2.75, 3.05) is 26.7 Å². The van der Waals surface area contributed by atoms with E-state index in [1.54, 1.807) is 0 Å². The Morgan fingerprint density at radius 3 is 1.75 bits per heavy atom. The molecule has 1 aliphatic rings. The summed E-state index contributed by atoms with van der Waals surface area (Å²) in [5.74, 6) is 0. The highest BCUT2D eigenvalue weighted by Crippen LogP contribution is 2.21. The Kier molecular flexibility index (Phi) is 9.77. The molecule has 0 radical (unpaired) electrons. The second-order valence-electron chi connectivity index (χ2n) is 6.36. The largest absolute Gasteiger partial charge is 0.289 e. The van der Waals surface area contributed by atoms with Crippen LogP contribution in [0.1, 0.15) is 72.1 Å². The zero-order chi connectivity index (χ0) is 14.8. The van der Waals surface area contributed by atoms with Crippen LogP contribution in [-0.2, 0) is 0 Å². The van der Waals surface area contributed by atoms with Crippen molar-refractivity contribution in [2.24, 2.45) is 0 Å². The zero-order valence-electron chi connectivity index (χ0n) is 14.4. The SMILES string of the molecule is CCCCCN1[SiH2]N(CCCCC)C1N(C)CCCC. The molecule has 3 nitrogen and oxygen atoms in total. The topological polar surface area (TPSA) is 9.72 Å². The average Bonchev–Trinajstić information content (AvgIpc) is 2.42. The van der Waals surface area contributed by atoms with E-state index in [0.29, 0.717) is 6.29 Å². The van der Waals surface area contributed by atoms with Gasteiger partial charge in [0.25, 0.3) is 0 Å². The van der Waals surface area contributed by atoms with Gasteiger partial charge in [0, 0.05) is 6.54 Å². The van der Waals surface area contributed by atoms with Gasteiger partial charge in [-0.05, 0) is 39.4 Å². The number of hydrogen-bond acceptors (Lipinski definition) is 3. The van der Waals surface area contributed by atoms with Crippen LogP contribution in [0.3, 0.4) is 0 Å². The van der Waals surface area contributed by atoms with Crippen molar-refractivity contribution < 1.29 is 0 Å². The molecule has 1 fully saturated rings. The molecule has 4 heteroatoms. The number of nitrogens with zero attached hydrogens (tertiary/aromatic N) is 3. The molecule has 1 aliphatic heterocycles. The van der Waals surface area contributed by atoms with Gasteiger partial charge in [-0.1, -0.05) is 52.9 Å². The molecule has 0 aromatic carbocycles. The van der Waals surface area contributed by atoms with Gasteiger partial charge in [-0.3, -0.25) is 14.0 Å². The summed E-state index contributed by atoms with van der Waals surface area (Å²) in [4.78, 5) is 2.60. The molecule has 0 aromatic rings. The molecular formula is C16H37N3Si. The van der Waals surface area contributed by atoms with Crippen LogP contribution in [0.25, 0.3) is 0 Å². The fourth-order valence-corrected chi connectivity index (χ4v) is 5.30. The van der Waals surface area contributed by atoms with Gasteiger partial charge < -0.3 is 0 Å². The monoisotopic (exact) mass is 299 g/mol. The smallest absolute Gasteiger partial charge is 0.177 e. The second kappa shape index (κ2) is 10.8. The van der Waals surface area contributed by atoms with E-state index in [2.05, 4.69) is 41.8 Å². The summed E-state index contributed by atoms with van der Waals surface area (Å²) >= 11 is 0. The molecule has 0 aliphatic carbocycles. The minimum atomic E-state index is -0.112. The first-order chi connectivity index (χ1) is 9.74. The average molecular weight is 300 g/mol. The highest BCUT2D eigenvalue weighted by molar-refractivity contribution is 6.32. The molecular weight excluding hydrogens is 262 g/mol. The molecule has 0 amide bonds. The molecule has 0 spiro atoms. The third-order valence-electron chi connectivity index (χ3n) is 4.37. The van der Waals surface area contributed by atoms with Crippen molar-refractivity contribution in [2.45, 2.75) is 78.4 Å². The second-order valence-corrected chi connectivity index (χ2v) is 8.27. The molecule has 1 saturated heterocycles. The minimum absolute atomic E-state index is 0.112. The highest BCUT2D eigenvalue weighted by atomic mass is 28.2. The van der Waals surface area contributed by atoms with Gasteiger partial charge in [-0.15, -0.1) is 0 Å². The molecule has 0 atom stereocenters. The first-order valence-corrected chi connectivity index (χ1v) is 10.2. The van der Waals surface area contributed by atoms with Gasteiger partial charge >= 0.3 is 0 Å². The summed E-state index contributed by atoms with van der Waals surface area (Å²) in [5, 5.41) is 0. The third kappa shape index (κ3) is 5.84. The Labute approximate surface area is 129 Å². The molecule has 20 heavy (non-hydrogen) atoms. The molecule has 0 bridgehead atoms. The standard InChI is InChI=1S/C16H37N3Si/c1-5-8-11-14-18-16(17(4)13-10-7-3)19(20-18)15-12-9-6-2/h16H,5-15,20H2,1-4H3. The van der Waals surface area contributed by atoms with E-state index in [4.69, 9.17) is 0 Å². The predicted octanol–water partition coefficient (Wildman–Crippen LogP) is 3.00. The van der Waals surface area contributed by atoms with E-state index >= 15 is 0 Å². The van der Waals surface area contributed by atoms with Gasteiger partial charge in [0.2, 0.25) is 0 Å². The molecule has 0 unspecified atom stereocenters. The third-order valence-corrected chi connectivity index (χ3v) is 6.39. The Balaban J connectivity index is 2.38. The predicted molar refractivity (Wildman–Crippen MR) is 92.3 cm³/mol. The van der Waals surface area contributed by atoms with Crippen molar-refractivity contribution in [3.05, 3.63) is 0 Å². The Morgan fingerprint density at radius 2 is 1.30 bits per heavy atom. The number of unbranched alkanes of at least 4 members (excludes halogenated alkanes) is 5. The van der Waals surface area contributed by atoms with Crippen LogP contribution >= 0.6 is 0 Å². The molecule has 1 heterocycles. The number of rotatable bonds is 12. The summed E-state index contributed by atoms with van der Waals surface area (Å²) in [7, 11) is 2.22. The molecule has 1 rings (SSSR count). The van der Waals surface area contributed by atoms with Crippen molar-refractivity contribution in [1.82, 2.24) is 14.0 Å². The van der Waals surface area contributed by atoms with Crippen LogP contribution in [0.5, 0.6) is 0 Å². The fraction of sp³-hybridized carbons (Fsp3) is 1.00. The van der Waals surface area contributed by atoms with E-state index in [-0.39, 0.29) is 9.84 Å². The van der Waals surface area contributed by atoms with Crippen LogP contribution in [0, 0.1) is 0 Å². The van der Waals surface area contributed by atoms with Crippen molar-refractivity contribution in [3.63, 3.8) is 0 Å². The van der Waals surface area contributed by atoms with Crippen molar-refractivity contribution >= 4 is 9.84 Å². The lowest BCUT2D eigenvalue weighted by molar-refractivity contribution is -0.0306. The summed E-state index contributed by atoms with van der Waals surface area (Å²) in [6.45, 7) is 10.8. The molecule has 0 N–H and O–H groups in total. The Morgan fingerprint density at radius 1 is 0.800 bits per heavy atom. The van der Waals surface area contributed by atoms with Gasteiger partial charge in [0.15, 0.2) is 9.84 Å². The molecule has 0 aromatic heterocycles. The molecule has 0 saturated carbocycles. The lowest BCUT2D eigenvalue weighted by atomic mass is 10.2. The maximum Gasteiger partial charge on any atom is 0.177 e. The number of hydrogen-bond donors (Lipinski definition) is 0. The fourth-order valence-electron chi connectivity index (χ4n) is 3.10. The normalized spacial score (nSPS) is 21.8. The van der Waals surface area contributed by atoms with Gasteiger partial charge in [0.1, 0.15) is 6.29 Å². The summed E-state index contributed by atoms with van der Waals surface area (Å²) in [6.07, 6.45) is 11.5. The van der Waals surface area contributed by atoms with Gasteiger partial charge in [-0.25, -0.2) is 0 Å². The Hall–Kier alpha value is 0.0969. The zero-order valence-corrected chi connectivity index (χ0v) is 15.8. The van der Waals surface area contributed by atoms with Crippen molar-refractivity contribution in [3.8, 4) is 0 Å². The van der Waals surface area contributed by atoms with Gasteiger partial charge in [-0.2, -0.15) is 0 Å². The maximum absolute atomic E-state index is 2.80. The first kappa shape index (κ1) is 18.1. The minimum Gasteiger partial charge on any atom is -0.289 e. The van der Waals surface area contributed by atoms with E-state index in [0.717, 1.165) is 0 Å².